The van der Waals surface area contributed by atoms with E-state index in [4.69, 9.17) is 4.52 Å². The Morgan fingerprint density at radius 1 is 1.57 bits per heavy atom. The molecule has 112 valence electrons. The molecule has 1 fully saturated rings. The minimum absolute atomic E-state index is 0.0306. The molecule has 1 amide bonds. The number of nitrogens with zero attached hydrogens (tertiary/aromatic N) is 3. The highest BCUT2D eigenvalue weighted by atomic mass is 16.5. The normalized spacial score (nSPS) is 18.3. The van der Waals surface area contributed by atoms with Crippen molar-refractivity contribution < 1.29 is 9.32 Å². The Morgan fingerprint density at radius 3 is 3.10 bits per heavy atom. The summed E-state index contributed by atoms with van der Waals surface area (Å²) in [6, 6.07) is 1.85. The number of hydrogen-bond donors (Lipinski definition) is 2. The van der Waals surface area contributed by atoms with Crippen molar-refractivity contribution in [1.82, 2.24) is 25.2 Å². The van der Waals surface area contributed by atoms with Crippen LogP contribution in [0.25, 0.3) is 0 Å². The third-order valence-electron chi connectivity index (χ3n) is 3.67. The molecule has 8 heteroatoms. The van der Waals surface area contributed by atoms with Gasteiger partial charge in [0.1, 0.15) is 5.82 Å². The molecular weight excluding hydrogens is 274 g/mol. The number of nitrogens with one attached hydrogen (secondary N) is 2. The van der Waals surface area contributed by atoms with Crippen molar-refractivity contribution in [2.75, 3.05) is 6.54 Å². The molecule has 1 saturated heterocycles. The van der Waals surface area contributed by atoms with E-state index in [1.54, 1.807) is 0 Å². The van der Waals surface area contributed by atoms with Crippen LogP contribution in [0.4, 0.5) is 0 Å². The van der Waals surface area contributed by atoms with Gasteiger partial charge in [0, 0.05) is 25.5 Å². The first-order valence-corrected chi connectivity index (χ1v) is 7.00. The van der Waals surface area contributed by atoms with Crippen LogP contribution in [0.1, 0.15) is 42.6 Å². The monoisotopic (exact) mass is 291 g/mol. The first kappa shape index (κ1) is 13.6. The van der Waals surface area contributed by atoms with Crippen LogP contribution in [0.3, 0.4) is 0 Å². The Bertz CT molecular complexity index is 686. The first-order valence-electron chi connectivity index (χ1n) is 7.00. The molecule has 21 heavy (non-hydrogen) atoms. The Balaban J connectivity index is 1.64. The van der Waals surface area contributed by atoms with Crippen molar-refractivity contribution in [2.24, 2.45) is 0 Å². The molecule has 3 rings (SSSR count). The van der Waals surface area contributed by atoms with Crippen molar-refractivity contribution in [2.45, 2.75) is 38.6 Å². The molecule has 0 saturated carbocycles. The number of rotatable bonds is 4. The number of likely N-dealkylation sites (tertiary alicyclic amines) is 1. The number of hydrogen-bond acceptors (Lipinski definition) is 5. The minimum Gasteiger partial charge on any atom is -0.359 e. The fourth-order valence-corrected chi connectivity index (χ4v) is 2.69. The van der Waals surface area contributed by atoms with Gasteiger partial charge in [0.15, 0.2) is 5.76 Å². The zero-order chi connectivity index (χ0) is 14.8. The smallest absolute Gasteiger partial charge is 0.340 e. The summed E-state index contributed by atoms with van der Waals surface area (Å²) in [6.45, 7) is 2.59. The van der Waals surface area contributed by atoms with E-state index >= 15 is 0 Å². The average molecular weight is 291 g/mol. The molecule has 0 bridgehead atoms. The predicted molar refractivity (Wildman–Crippen MR) is 72.5 cm³/mol. The van der Waals surface area contributed by atoms with Crippen molar-refractivity contribution in [3.63, 3.8) is 0 Å². The molecular formula is C13H17N5O3. The van der Waals surface area contributed by atoms with Gasteiger partial charge in [-0.05, 0) is 19.8 Å². The molecule has 2 N–H and O–H groups in total. The Labute approximate surface area is 120 Å². The van der Waals surface area contributed by atoms with Crippen LogP contribution < -0.4 is 5.69 Å². The summed E-state index contributed by atoms with van der Waals surface area (Å²) in [7, 11) is 0. The van der Waals surface area contributed by atoms with Gasteiger partial charge in [0.25, 0.3) is 0 Å². The summed E-state index contributed by atoms with van der Waals surface area (Å²) >= 11 is 0. The predicted octanol–water partition coefficient (Wildman–Crippen LogP) is 0.691. The number of carbonyl (C=O) groups is 1. The number of aromatic amines is 2. The summed E-state index contributed by atoms with van der Waals surface area (Å²) in [5.74, 6) is 1.28. The molecule has 8 nitrogen and oxygen atoms in total. The van der Waals surface area contributed by atoms with Gasteiger partial charge in [-0.15, -0.1) is 0 Å². The zero-order valence-corrected chi connectivity index (χ0v) is 11.8. The van der Waals surface area contributed by atoms with Gasteiger partial charge in [0.05, 0.1) is 11.7 Å². The maximum Gasteiger partial charge on any atom is 0.340 e. The van der Waals surface area contributed by atoms with Gasteiger partial charge >= 0.3 is 5.69 Å². The molecule has 2 aromatic rings. The quantitative estimate of drug-likeness (QED) is 0.861. The molecule has 0 aromatic carbocycles. The SMILES string of the molecule is Cc1cc(C2CCCN2C(=O)CCc2n[nH]c(=O)[nH]2)on1. The van der Waals surface area contributed by atoms with E-state index in [1.165, 1.54) is 0 Å². The molecule has 1 unspecified atom stereocenters. The van der Waals surface area contributed by atoms with Gasteiger partial charge in [0.2, 0.25) is 5.91 Å². The lowest BCUT2D eigenvalue weighted by Gasteiger charge is -2.22. The van der Waals surface area contributed by atoms with Crippen LogP contribution in [0.2, 0.25) is 0 Å². The molecule has 0 spiro atoms. The maximum absolute atomic E-state index is 12.3. The van der Waals surface area contributed by atoms with Crippen molar-refractivity contribution in [3.05, 3.63) is 33.8 Å². The third kappa shape index (κ3) is 2.88. The third-order valence-corrected chi connectivity index (χ3v) is 3.67. The number of aromatic nitrogens is 4. The summed E-state index contributed by atoms with van der Waals surface area (Å²) in [6.07, 6.45) is 2.57. The lowest BCUT2D eigenvalue weighted by atomic mass is 10.1. The van der Waals surface area contributed by atoms with Gasteiger partial charge < -0.3 is 9.42 Å². The van der Waals surface area contributed by atoms with E-state index in [0.29, 0.717) is 18.7 Å². The molecule has 2 aromatic heterocycles. The second-order valence-corrected chi connectivity index (χ2v) is 5.24. The fraction of sp³-hybridized carbons (Fsp3) is 0.538. The highest BCUT2D eigenvalue weighted by Gasteiger charge is 2.32. The molecule has 0 radical (unpaired) electrons. The van der Waals surface area contributed by atoms with E-state index in [-0.39, 0.29) is 17.6 Å². The Kier molecular flexibility index (Phi) is 3.59. The molecule has 1 aliphatic heterocycles. The van der Waals surface area contributed by atoms with E-state index in [1.807, 2.05) is 17.9 Å². The fourth-order valence-electron chi connectivity index (χ4n) is 2.69. The van der Waals surface area contributed by atoms with Gasteiger partial charge in [-0.1, -0.05) is 5.16 Å². The van der Waals surface area contributed by atoms with E-state index in [9.17, 15) is 9.59 Å². The highest BCUT2D eigenvalue weighted by molar-refractivity contribution is 5.77. The van der Waals surface area contributed by atoms with Gasteiger partial charge in [-0.25, -0.2) is 9.89 Å². The Hall–Kier alpha value is -2.38. The number of carbonyl (C=O) groups excluding carboxylic acids is 1. The molecule has 1 atom stereocenters. The van der Waals surface area contributed by atoms with Crippen LogP contribution in [0.5, 0.6) is 0 Å². The summed E-state index contributed by atoms with van der Waals surface area (Å²) < 4.78 is 5.29. The van der Waals surface area contributed by atoms with Gasteiger partial charge in [-0.2, -0.15) is 5.10 Å². The molecule has 0 aliphatic carbocycles. The van der Waals surface area contributed by atoms with Crippen LogP contribution in [-0.2, 0) is 11.2 Å². The lowest BCUT2D eigenvalue weighted by molar-refractivity contribution is -0.132. The minimum atomic E-state index is -0.353. The number of aryl methyl sites for hydroxylation is 2. The summed E-state index contributed by atoms with van der Waals surface area (Å²) in [4.78, 5) is 27.7. The standard InChI is InChI=1S/C13H17N5O3/c1-8-7-10(21-17-8)9-3-2-6-18(9)12(19)5-4-11-14-13(20)16-15-11/h7,9H,2-6H2,1H3,(H2,14,15,16,20). The largest absolute Gasteiger partial charge is 0.359 e. The maximum atomic E-state index is 12.3. The topological polar surface area (TPSA) is 108 Å². The van der Waals surface area contributed by atoms with Crippen molar-refractivity contribution in [3.8, 4) is 0 Å². The number of amides is 1. The second kappa shape index (κ2) is 5.55. The summed E-state index contributed by atoms with van der Waals surface area (Å²) in [5, 5.41) is 9.98. The van der Waals surface area contributed by atoms with E-state index < -0.39 is 0 Å². The Morgan fingerprint density at radius 2 is 2.43 bits per heavy atom. The van der Waals surface area contributed by atoms with Gasteiger partial charge in [-0.3, -0.25) is 9.78 Å². The first-order chi connectivity index (χ1) is 10.1. The average Bonchev–Trinajstić information content (AvgIpc) is 3.16. The molecule has 3 heterocycles. The highest BCUT2D eigenvalue weighted by Crippen LogP contribution is 2.32. The van der Waals surface area contributed by atoms with Crippen molar-refractivity contribution >= 4 is 5.91 Å². The van der Waals surface area contributed by atoms with Crippen LogP contribution in [0, 0.1) is 6.92 Å². The van der Waals surface area contributed by atoms with Crippen molar-refractivity contribution in [1.29, 1.82) is 0 Å². The number of H-pyrrole nitrogens is 2. The van der Waals surface area contributed by atoms with Crippen LogP contribution in [0.15, 0.2) is 15.4 Å². The summed E-state index contributed by atoms with van der Waals surface area (Å²) in [5.41, 5.74) is 0.465. The second-order valence-electron chi connectivity index (χ2n) is 5.24. The van der Waals surface area contributed by atoms with E-state index in [2.05, 4.69) is 20.3 Å². The molecule has 1 aliphatic rings. The van der Waals surface area contributed by atoms with Crippen LogP contribution >= 0.6 is 0 Å². The van der Waals surface area contributed by atoms with E-state index in [0.717, 1.165) is 30.8 Å². The lowest BCUT2D eigenvalue weighted by Crippen LogP contribution is -2.30. The van der Waals surface area contributed by atoms with Crippen LogP contribution in [-0.4, -0.2) is 37.7 Å². The zero-order valence-electron chi connectivity index (χ0n) is 11.8.